The average molecular weight is 227 g/mol. The summed E-state index contributed by atoms with van der Waals surface area (Å²) >= 11 is 1.51. The zero-order valence-electron chi connectivity index (χ0n) is 8.61. The van der Waals surface area contributed by atoms with Crippen LogP contribution in [0.1, 0.15) is 19.4 Å². The molecule has 0 aliphatic rings. The Morgan fingerprint density at radius 3 is 2.67 bits per heavy atom. The van der Waals surface area contributed by atoms with E-state index >= 15 is 0 Å². The normalized spacial score (nSPS) is 11.1. The molecule has 0 saturated heterocycles. The minimum absolute atomic E-state index is 0.222. The highest BCUT2D eigenvalue weighted by Gasteiger charge is 2.28. The molecule has 1 aromatic rings. The maximum atomic E-state index is 11.5. The van der Waals surface area contributed by atoms with Gasteiger partial charge in [-0.05, 0) is 36.2 Å². The van der Waals surface area contributed by atoms with Crippen LogP contribution in [-0.4, -0.2) is 22.5 Å². The van der Waals surface area contributed by atoms with Crippen molar-refractivity contribution in [2.24, 2.45) is 0 Å². The number of carbonyl (C=O) groups excluding carboxylic acids is 1. The maximum Gasteiger partial charge on any atom is 0.328 e. The summed E-state index contributed by atoms with van der Waals surface area (Å²) in [4.78, 5) is 22.2. The molecule has 5 heteroatoms. The minimum atomic E-state index is -1.22. The van der Waals surface area contributed by atoms with Gasteiger partial charge in [0, 0.05) is 0 Å². The third-order valence-electron chi connectivity index (χ3n) is 1.93. The third-order valence-corrected chi connectivity index (χ3v) is 2.66. The lowest BCUT2D eigenvalue weighted by Crippen LogP contribution is -2.50. The first-order valence-corrected chi connectivity index (χ1v) is 5.41. The van der Waals surface area contributed by atoms with Crippen molar-refractivity contribution in [3.63, 3.8) is 0 Å². The number of rotatable bonds is 4. The van der Waals surface area contributed by atoms with Gasteiger partial charge in [0.15, 0.2) is 0 Å². The van der Waals surface area contributed by atoms with Crippen LogP contribution in [0.5, 0.6) is 0 Å². The molecule has 1 aromatic heterocycles. The average Bonchev–Trinajstić information content (AvgIpc) is 2.54. The molecule has 0 aliphatic heterocycles. The van der Waals surface area contributed by atoms with E-state index in [-0.39, 0.29) is 12.3 Å². The van der Waals surface area contributed by atoms with Crippen molar-refractivity contribution in [2.45, 2.75) is 25.8 Å². The Bertz CT molecular complexity index is 357. The first-order valence-electron chi connectivity index (χ1n) is 4.47. The predicted molar refractivity (Wildman–Crippen MR) is 57.9 cm³/mol. The Morgan fingerprint density at radius 2 is 2.20 bits per heavy atom. The first-order chi connectivity index (χ1) is 6.92. The molecular weight excluding hydrogens is 214 g/mol. The SMILES string of the molecule is CC(C)(NC(=O)Cc1ccsc1)C(=O)O. The number of aliphatic carboxylic acids is 1. The Labute approximate surface area is 91.9 Å². The molecule has 82 valence electrons. The van der Waals surface area contributed by atoms with Crippen LogP contribution >= 0.6 is 11.3 Å². The summed E-state index contributed by atoms with van der Waals surface area (Å²) in [5, 5.41) is 15.0. The van der Waals surface area contributed by atoms with Gasteiger partial charge in [0.2, 0.25) is 5.91 Å². The van der Waals surface area contributed by atoms with Gasteiger partial charge >= 0.3 is 5.97 Å². The molecule has 0 saturated carbocycles. The fourth-order valence-corrected chi connectivity index (χ4v) is 1.69. The van der Waals surface area contributed by atoms with E-state index in [9.17, 15) is 9.59 Å². The fourth-order valence-electron chi connectivity index (χ4n) is 1.02. The number of carbonyl (C=O) groups is 2. The van der Waals surface area contributed by atoms with Crippen molar-refractivity contribution in [3.05, 3.63) is 22.4 Å². The summed E-state index contributed by atoms with van der Waals surface area (Å²) in [7, 11) is 0. The molecule has 15 heavy (non-hydrogen) atoms. The summed E-state index contributed by atoms with van der Waals surface area (Å²) in [5.41, 5.74) is -0.314. The van der Waals surface area contributed by atoms with Gasteiger partial charge in [0.05, 0.1) is 6.42 Å². The van der Waals surface area contributed by atoms with Gasteiger partial charge in [0.25, 0.3) is 0 Å². The standard InChI is InChI=1S/C10H13NO3S/c1-10(2,9(13)14)11-8(12)5-7-3-4-15-6-7/h3-4,6H,5H2,1-2H3,(H,11,12)(H,13,14). The lowest BCUT2D eigenvalue weighted by molar-refractivity contribution is -0.145. The first kappa shape index (κ1) is 11.7. The lowest BCUT2D eigenvalue weighted by atomic mass is 10.1. The zero-order chi connectivity index (χ0) is 11.5. The Balaban J connectivity index is 2.53. The van der Waals surface area contributed by atoms with Crippen LogP contribution < -0.4 is 5.32 Å². The highest BCUT2D eigenvalue weighted by Crippen LogP contribution is 2.08. The smallest absolute Gasteiger partial charge is 0.328 e. The van der Waals surface area contributed by atoms with E-state index in [1.54, 1.807) is 0 Å². The summed E-state index contributed by atoms with van der Waals surface area (Å²) in [6, 6.07) is 1.85. The van der Waals surface area contributed by atoms with Crippen molar-refractivity contribution in [1.82, 2.24) is 5.32 Å². The molecule has 1 amide bonds. The number of hydrogen-bond donors (Lipinski definition) is 2. The van der Waals surface area contributed by atoms with Crippen LogP contribution in [0.4, 0.5) is 0 Å². The van der Waals surface area contributed by atoms with Crippen LogP contribution in [0.25, 0.3) is 0 Å². The summed E-state index contributed by atoms with van der Waals surface area (Å²) in [5.74, 6) is -1.32. The largest absolute Gasteiger partial charge is 0.480 e. The third kappa shape index (κ3) is 3.36. The van der Waals surface area contributed by atoms with Crippen molar-refractivity contribution < 1.29 is 14.7 Å². The second-order valence-electron chi connectivity index (χ2n) is 3.79. The molecular formula is C10H13NO3S. The molecule has 0 bridgehead atoms. The van der Waals surface area contributed by atoms with E-state index in [1.165, 1.54) is 25.2 Å². The fraction of sp³-hybridized carbons (Fsp3) is 0.400. The number of carboxylic acid groups (broad SMARTS) is 1. The van der Waals surface area contributed by atoms with Crippen LogP contribution in [0.2, 0.25) is 0 Å². The summed E-state index contributed by atoms with van der Waals surface area (Å²) in [6.07, 6.45) is 0.222. The van der Waals surface area contributed by atoms with E-state index < -0.39 is 11.5 Å². The molecule has 0 fully saturated rings. The van der Waals surface area contributed by atoms with E-state index in [4.69, 9.17) is 5.11 Å². The Hall–Kier alpha value is -1.36. The van der Waals surface area contributed by atoms with Crippen LogP contribution in [-0.2, 0) is 16.0 Å². The number of hydrogen-bond acceptors (Lipinski definition) is 3. The van der Waals surface area contributed by atoms with E-state index in [0.29, 0.717) is 0 Å². The number of thiophene rings is 1. The van der Waals surface area contributed by atoms with Gasteiger partial charge in [-0.1, -0.05) is 0 Å². The molecule has 4 nitrogen and oxygen atoms in total. The summed E-state index contributed by atoms with van der Waals surface area (Å²) < 4.78 is 0. The quantitative estimate of drug-likeness (QED) is 0.814. The highest BCUT2D eigenvalue weighted by molar-refractivity contribution is 7.07. The topological polar surface area (TPSA) is 66.4 Å². The molecule has 0 radical (unpaired) electrons. The van der Waals surface area contributed by atoms with Crippen molar-refractivity contribution in [3.8, 4) is 0 Å². The number of nitrogens with one attached hydrogen (secondary N) is 1. The Morgan fingerprint density at radius 1 is 1.53 bits per heavy atom. The van der Waals surface area contributed by atoms with E-state index in [2.05, 4.69) is 5.32 Å². The van der Waals surface area contributed by atoms with Crippen molar-refractivity contribution in [1.29, 1.82) is 0 Å². The van der Waals surface area contributed by atoms with Gasteiger partial charge in [-0.15, -0.1) is 0 Å². The van der Waals surface area contributed by atoms with Gasteiger partial charge < -0.3 is 10.4 Å². The lowest BCUT2D eigenvalue weighted by Gasteiger charge is -2.20. The van der Waals surface area contributed by atoms with E-state index in [1.807, 2.05) is 16.8 Å². The van der Waals surface area contributed by atoms with E-state index in [0.717, 1.165) is 5.56 Å². The second-order valence-corrected chi connectivity index (χ2v) is 4.57. The molecule has 0 aliphatic carbocycles. The molecule has 0 unspecified atom stereocenters. The molecule has 0 atom stereocenters. The second kappa shape index (κ2) is 4.44. The van der Waals surface area contributed by atoms with Crippen LogP contribution in [0, 0.1) is 0 Å². The van der Waals surface area contributed by atoms with Gasteiger partial charge in [0.1, 0.15) is 5.54 Å². The number of carboxylic acids is 1. The number of amides is 1. The Kier molecular flexibility index (Phi) is 3.47. The van der Waals surface area contributed by atoms with Crippen molar-refractivity contribution in [2.75, 3.05) is 0 Å². The van der Waals surface area contributed by atoms with Crippen molar-refractivity contribution >= 4 is 23.2 Å². The van der Waals surface area contributed by atoms with Gasteiger partial charge in [-0.3, -0.25) is 4.79 Å². The molecule has 2 N–H and O–H groups in total. The minimum Gasteiger partial charge on any atom is -0.480 e. The summed E-state index contributed by atoms with van der Waals surface area (Å²) in [6.45, 7) is 2.92. The predicted octanol–water partition coefficient (Wildman–Crippen LogP) is 1.27. The highest BCUT2D eigenvalue weighted by atomic mass is 32.1. The molecule has 1 heterocycles. The molecule has 0 spiro atoms. The van der Waals surface area contributed by atoms with Crippen LogP contribution in [0.3, 0.4) is 0 Å². The molecule has 1 rings (SSSR count). The van der Waals surface area contributed by atoms with Gasteiger partial charge in [-0.25, -0.2) is 4.79 Å². The monoisotopic (exact) mass is 227 g/mol. The maximum absolute atomic E-state index is 11.5. The van der Waals surface area contributed by atoms with Crippen LogP contribution in [0.15, 0.2) is 16.8 Å². The molecule has 0 aromatic carbocycles. The van der Waals surface area contributed by atoms with Gasteiger partial charge in [-0.2, -0.15) is 11.3 Å². The zero-order valence-corrected chi connectivity index (χ0v) is 9.43.